The minimum atomic E-state index is -0.225. The SMILES string of the molecule is Cn1nc(-c2ccc(F)cc2)c(Br)c1C1CCCNC1. The Morgan fingerprint density at radius 2 is 2.10 bits per heavy atom. The number of aryl methyl sites for hydroxylation is 1. The number of nitrogens with one attached hydrogen (secondary N) is 1. The highest BCUT2D eigenvalue weighted by Crippen LogP contribution is 2.36. The van der Waals surface area contributed by atoms with Gasteiger partial charge in [-0.2, -0.15) is 5.10 Å². The molecule has 1 aliphatic rings. The first-order chi connectivity index (χ1) is 9.66. The minimum Gasteiger partial charge on any atom is -0.316 e. The Labute approximate surface area is 126 Å². The van der Waals surface area contributed by atoms with Crippen molar-refractivity contribution in [2.45, 2.75) is 18.8 Å². The van der Waals surface area contributed by atoms with Crippen molar-refractivity contribution < 1.29 is 4.39 Å². The summed E-state index contributed by atoms with van der Waals surface area (Å²) in [5.74, 6) is 0.252. The molecule has 1 atom stereocenters. The van der Waals surface area contributed by atoms with Crippen LogP contribution in [0, 0.1) is 5.82 Å². The van der Waals surface area contributed by atoms with Crippen molar-refractivity contribution in [1.82, 2.24) is 15.1 Å². The van der Waals surface area contributed by atoms with Gasteiger partial charge in [0.1, 0.15) is 11.5 Å². The number of aromatic nitrogens is 2. The summed E-state index contributed by atoms with van der Waals surface area (Å²) in [6, 6.07) is 6.48. The lowest BCUT2D eigenvalue weighted by Gasteiger charge is -2.23. The lowest BCUT2D eigenvalue weighted by molar-refractivity contribution is 0.440. The summed E-state index contributed by atoms with van der Waals surface area (Å²) in [6.45, 7) is 2.08. The second kappa shape index (κ2) is 5.66. The van der Waals surface area contributed by atoms with Gasteiger partial charge in [0, 0.05) is 25.1 Å². The lowest BCUT2D eigenvalue weighted by Crippen LogP contribution is -2.29. The van der Waals surface area contributed by atoms with Gasteiger partial charge in [0.05, 0.1) is 10.2 Å². The number of halogens is 2. The van der Waals surface area contributed by atoms with Crippen molar-refractivity contribution >= 4 is 15.9 Å². The number of benzene rings is 1. The zero-order valence-electron chi connectivity index (χ0n) is 11.4. The van der Waals surface area contributed by atoms with Crippen molar-refractivity contribution in [2.24, 2.45) is 7.05 Å². The average Bonchev–Trinajstić information content (AvgIpc) is 2.76. The molecule has 1 aliphatic heterocycles. The monoisotopic (exact) mass is 337 g/mol. The summed E-state index contributed by atoms with van der Waals surface area (Å²) in [6.07, 6.45) is 2.36. The molecule has 20 heavy (non-hydrogen) atoms. The predicted molar refractivity (Wildman–Crippen MR) is 81.1 cm³/mol. The molecule has 0 radical (unpaired) electrons. The molecule has 5 heteroatoms. The number of piperidine rings is 1. The van der Waals surface area contributed by atoms with Crippen molar-refractivity contribution in [1.29, 1.82) is 0 Å². The van der Waals surface area contributed by atoms with Gasteiger partial charge < -0.3 is 5.32 Å². The Morgan fingerprint density at radius 3 is 2.75 bits per heavy atom. The van der Waals surface area contributed by atoms with Crippen LogP contribution in [0.2, 0.25) is 0 Å². The van der Waals surface area contributed by atoms with Gasteiger partial charge >= 0.3 is 0 Å². The van der Waals surface area contributed by atoms with Crippen molar-refractivity contribution in [3.63, 3.8) is 0 Å². The average molecular weight is 338 g/mol. The fourth-order valence-corrected chi connectivity index (χ4v) is 3.72. The highest BCUT2D eigenvalue weighted by Gasteiger charge is 2.24. The Balaban J connectivity index is 1.99. The van der Waals surface area contributed by atoms with E-state index in [1.165, 1.54) is 30.7 Å². The van der Waals surface area contributed by atoms with Crippen LogP contribution in [0.15, 0.2) is 28.7 Å². The number of rotatable bonds is 2. The molecule has 1 aromatic heterocycles. The van der Waals surface area contributed by atoms with Gasteiger partial charge in [-0.15, -0.1) is 0 Å². The highest BCUT2D eigenvalue weighted by molar-refractivity contribution is 9.10. The molecule has 1 saturated heterocycles. The molecular weight excluding hydrogens is 321 g/mol. The first-order valence-electron chi connectivity index (χ1n) is 6.86. The molecule has 2 heterocycles. The summed E-state index contributed by atoms with van der Waals surface area (Å²) in [7, 11) is 1.97. The zero-order valence-corrected chi connectivity index (χ0v) is 13.0. The number of hydrogen-bond donors (Lipinski definition) is 1. The van der Waals surface area contributed by atoms with E-state index in [2.05, 4.69) is 26.3 Å². The molecule has 1 unspecified atom stereocenters. The van der Waals surface area contributed by atoms with E-state index in [4.69, 9.17) is 0 Å². The van der Waals surface area contributed by atoms with E-state index in [0.29, 0.717) is 5.92 Å². The molecular formula is C15H17BrFN3. The molecule has 0 aliphatic carbocycles. The smallest absolute Gasteiger partial charge is 0.123 e. The summed E-state index contributed by atoms with van der Waals surface area (Å²) in [5.41, 5.74) is 3.04. The van der Waals surface area contributed by atoms with Gasteiger partial charge in [0.25, 0.3) is 0 Å². The Hall–Kier alpha value is -1.20. The van der Waals surface area contributed by atoms with Gasteiger partial charge in [-0.3, -0.25) is 4.68 Å². The van der Waals surface area contributed by atoms with E-state index in [-0.39, 0.29) is 5.82 Å². The minimum absolute atomic E-state index is 0.225. The molecule has 0 amide bonds. The normalized spacial score (nSPS) is 19.2. The fraction of sp³-hybridized carbons (Fsp3) is 0.400. The van der Waals surface area contributed by atoms with E-state index in [1.54, 1.807) is 12.1 Å². The molecule has 1 aromatic carbocycles. The third-order valence-electron chi connectivity index (χ3n) is 3.83. The molecule has 0 spiro atoms. The van der Waals surface area contributed by atoms with Crippen LogP contribution in [0.4, 0.5) is 4.39 Å². The zero-order chi connectivity index (χ0) is 14.1. The fourth-order valence-electron chi connectivity index (χ4n) is 2.83. The van der Waals surface area contributed by atoms with E-state index < -0.39 is 0 Å². The molecule has 3 nitrogen and oxygen atoms in total. The molecule has 0 saturated carbocycles. The Bertz CT molecular complexity index is 600. The van der Waals surface area contributed by atoms with E-state index >= 15 is 0 Å². The summed E-state index contributed by atoms with van der Waals surface area (Å²) < 4.78 is 16.0. The van der Waals surface area contributed by atoms with Crippen LogP contribution in [0.1, 0.15) is 24.5 Å². The molecule has 1 fully saturated rings. The van der Waals surface area contributed by atoms with Crippen molar-refractivity contribution in [2.75, 3.05) is 13.1 Å². The lowest BCUT2D eigenvalue weighted by atomic mass is 9.95. The number of hydrogen-bond acceptors (Lipinski definition) is 2. The largest absolute Gasteiger partial charge is 0.316 e. The topological polar surface area (TPSA) is 29.9 Å². The van der Waals surface area contributed by atoms with Crippen LogP contribution in [0.5, 0.6) is 0 Å². The third-order valence-corrected chi connectivity index (χ3v) is 4.61. The Kier molecular flexibility index (Phi) is 3.89. The standard InChI is InChI=1S/C15H17BrFN3/c1-20-15(11-3-2-8-18-9-11)13(16)14(19-20)10-4-6-12(17)7-5-10/h4-7,11,18H,2-3,8-9H2,1H3. The highest BCUT2D eigenvalue weighted by atomic mass is 79.9. The van der Waals surface area contributed by atoms with E-state index in [1.807, 2.05) is 11.7 Å². The van der Waals surface area contributed by atoms with Crippen LogP contribution in [0.3, 0.4) is 0 Å². The van der Waals surface area contributed by atoms with Crippen LogP contribution >= 0.6 is 15.9 Å². The maximum Gasteiger partial charge on any atom is 0.123 e. The van der Waals surface area contributed by atoms with Crippen LogP contribution in [-0.4, -0.2) is 22.9 Å². The Morgan fingerprint density at radius 1 is 1.35 bits per heavy atom. The summed E-state index contributed by atoms with van der Waals surface area (Å²) in [4.78, 5) is 0. The summed E-state index contributed by atoms with van der Waals surface area (Å²) in [5, 5.41) is 8.04. The van der Waals surface area contributed by atoms with Gasteiger partial charge in [0.2, 0.25) is 0 Å². The molecule has 2 aromatic rings. The first-order valence-corrected chi connectivity index (χ1v) is 7.65. The predicted octanol–water partition coefficient (Wildman–Crippen LogP) is 3.46. The van der Waals surface area contributed by atoms with E-state index in [0.717, 1.165) is 28.8 Å². The first kappa shape index (κ1) is 13.8. The van der Waals surface area contributed by atoms with Gasteiger partial charge in [-0.05, 0) is 59.6 Å². The quantitative estimate of drug-likeness (QED) is 0.909. The maximum absolute atomic E-state index is 13.0. The molecule has 3 rings (SSSR count). The van der Waals surface area contributed by atoms with Gasteiger partial charge in [-0.25, -0.2) is 4.39 Å². The van der Waals surface area contributed by atoms with Gasteiger partial charge in [-0.1, -0.05) is 0 Å². The maximum atomic E-state index is 13.0. The molecule has 1 N–H and O–H groups in total. The number of nitrogens with zero attached hydrogens (tertiary/aromatic N) is 2. The van der Waals surface area contributed by atoms with Crippen LogP contribution in [-0.2, 0) is 7.05 Å². The van der Waals surface area contributed by atoms with Crippen molar-refractivity contribution in [3.05, 3.63) is 40.2 Å². The van der Waals surface area contributed by atoms with Crippen LogP contribution < -0.4 is 5.32 Å². The second-order valence-electron chi connectivity index (χ2n) is 5.22. The van der Waals surface area contributed by atoms with E-state index in [9.17, 15) is 4.39 Å². The van der Waals surface area contributed by atoms with Crippen LogP contribution in [0.25, 0.3) is 11.3 Å². The van der Waals surface area contributed by atoms with Gasteiger partial charge in [0.15, 0.2) is 0 Å². The summed E-state index contributed by atoms with van der Waals surface area (Å²) >= 11 is 3.69. The third kappa shape index (κ3) is 2.52. The second-order valence-corrected chi connectivity index (χ2v) is 6.01. The van der Waals surface area contributed by atoms with Crippen molar-refractivity contribution in [3.8, 4) is 11.3 Å². The molecule has 0 bridgehead atoms. The molecule has 106 valence electrons.